The Balaban J connectivity index is 2.36. The highest BCUT2D eigenvalue weighted by Gasteiger charge is 2.52. The molecule has 0 amide bonds. The van der Waals surface area contributed by atoms with Gasteiger partial charge in [0.1, 0.15) is 0 Å². The van der Waals surface area contributed by atoms with Crippen molar-refractivity contribution in [3.05, 3.63) is 34.3 Å². The van der Waals surface area contributed by atoms with Gasteiger partial charge in [-0.05, 0) is 45.3 Å². The molecule has 0 aromatic heterocycles. The fourth-order valence-electron chi connectivity index (χ4n) is 2.11. The fraction of sp³-hybridized carbons (Fsp3) is 0.467. The second-order valence-corrected chi connectivity index (χ2v) is 6.66. The minimum atomic E-state index is -0.490. The van der Waals surface area contributed by atoms with Gasteiger partial charge in [0, 0.05) is 22.8 Å². The van der Waals surface area contributed by atoms with Crippen molar-refractivity contribution in [1.29, 1.82) is 0 Å². The van der Waals surface area contributed by atoms with Crippen LogP contribution in [0.5, 0.6) is 0 Å². The Labute approximate surface area is 131 Å². The van der Waals surface area contributed by atoms with Gasteiger partial charge in [0.15, 0.2) is 0 Å². The first kappa shape index (κ1) is 16.4. The lowest BCUT2D eigenvalue weighted by molar-refractivity contribution is 0.00578. The Morgan fingerprint density at radius 2 is 1.81 bits per heavy atom. The lowest BCUT2D eigenvalue weighted by Gasteiger charge is -2.32. The molecule has 1 heterocycles. The molecule has 0 aliphatic carbocycles. The van der Waals surface area contributed by atoms with Crippen LogP contribution in [0.25, 0.3) is 6.08 Å². The van der Waals surface area contributed by atoms with Crippen LogP contribution in [0.2, 0.25) is 5.02 Å². The van der Waals surface area contributed by atoms with E-state index in [1.807, 2.05) is 39.8 Å². The minimum absolute atomic E-state index is 0.307. The standard InChI is InChI=1S/C15H22BClN2O2/c1-14(2)15(3,4)21-16(20-14)10(9-18)8-11-12(17)6-5-7-13(11)19/h5-8H,9,18-19H2,1-4H3. The maximum absolute atomic E-state index is 6.20. The molecule has 6 heteroatoms. The van der Waals surface area contributed by atoms with Crippen LogP contribution in [0.15, 0.2) is 23.7 Å². The zero-order valence-corrected chi connectivity index (χ0v) is 13.7. The van der Waals surface area contributed by atoms with Crippen molar-refractivity contribution in [3.8, 4) is 0 Å². The highest BCUT2D eigenvalue weighted by atomic mass is 35.5. The van der Waals surface area contributed by atoms with E-state index in [1.54, 1.807) is 12.1 Å². The smallest absolute Gasteiger partial charge is 0.400 e. The summed E-state index contributed by atoms with van der Waals surface area (Å²) in [6.45, 7) is 8.33. The molecule has 4 nitrogen and oxygen atoms in total. The van der Waals surface area contributed by atoms with Crippen LogP contribution >= 0.6 is 11.6 Å². The van der Waals surface area contributed by atoms with E-state index in [9.17, 15) is 0 Å². The van der Waals surface area contributed by atoms with Crippen LogP contribution in [0.3, 0.4) is 0 Å². The van der Waals surface area contributed by atoms with Crippen LogP contribution in [-0.4, -0.2) is 24.9 Å². The number of anilines is 1. The summed E-state index contributed by atoms with van der Waals surface area (Å²) in [5.41, 5.74) is 13.2. The summed E-state index contributed by atoms with van der Waals surface area (Å²) in [4.78, 5) is 0. The SMILES string of the molecule is CC1(C)OB(C(=Cc2c(N)cccc2Cl)CN)OC1(C)C. The average molecular weight is 309 g/mol. The molecule has 0 bridgehead atoms. The van der Waals surface area contributed by atoms with Gasteiger partial charge >= 0.3 is 7.12 Å². The average Bonchev–Trinajstić information content (AvgIpc) is 2.58. The second-order valence-electron chi connectivity index (χ2n) is 6.25. The van der Waals surface area contributed by atoms with E-state index in [-0.39, 0.29) is 0 Å². The van der Waals surface area contributed by atoms with E-state index in [4.69, 9.17) is 32.4 Å². The van der Waals surface area contributed by atoms with E-state index in [0.717, 1.165) is 11.0 Å². The van der Waals surface area contributed by atoms with Crippen LogP contribution in [0, 0.1) is 0 Å². The summed E-state index contributed by atoms with van der Waals surface area (Å²) in [5, 5.41) is 0.581. The molecule has 0 unspecified atom stereocenters. The van der Waals surface area contributed by atoms with Crippen LogP contribution in [0.4, 0.5) is 5.69 Å². The topological polar surface area (TPSA) is 70.5 Å². The summed E-state index contributed by atoms with van der Waals surface area (Å²) in [6, 6.07) is 5.41. The molecule has 21 heavy (non-hydrogen) atoms. The molecule has 114 valence electrons. The molecule has 1 fully saturated rings. The van der Waals surface area contributed by atoms with Crippen molar-refractivity contribution >= 4 is 30.5 Å². The fourth-order valence-corrected chi connectivity index (χ4v) is 2.35. The lowest BCUT2D eigenvalue weighted by Crippen LogP contribution is -2.41. The highest BCUT2D eigenvalue weighted by Crippen LogP contribution is 2.39. The van der Waals surface area contributed by atoms with E-state index >= 15 is 0 Å². The Morgan fingerprint density at radius 3 is 2.29 bits per heavy atom. The molecule has 1 saturated heterocycles. The molecule has 1 aromatic carbocycles. The van der Waals surface area contributed by atoms with Crippen molar-refractivity contribution in [1.82, 2.24) is 0 Å². The maximum atomic E-state index is 6.20. The summed E-state index contributed by atoms with van der Waals surface area (Å²) in [6.07, 6.45) is 1.86. The number of rotatable bonds is 3. The molecule has 4 N–H and O–H groups in total. The third-order valence-corrected chi connectivity index (χ3v) is 4.54. The number of hydrogen-bond donors (Lipinski definition) is 2. The monoisotopic (exact) mass is 308 g/mol. The first-order valence-electron chi connectivity index (χ1n) is 6.98. The van der Waals surface area contributed by atoms with Crippen molar-refractivity contribution in [2.45, 2.75) is 38.9 Å². The zero-order chi connectivity index (χ0) is 15.8. The van der Waals surface area contributed by atoms with Crippen molar-refractivity contribution < 1.29 is 9.31 Å². The zero-order valence-electron chi connectivity index (χ0n) is 12.9. The molecule has 2 rings (SSSR count). The molecule has 0 saturated carbocycles. The molecule has 0 spiro atoms. The van der Waals surface area contributed by atoms with Crippen molar-refractivity contribution in [2.75, 3.05) is 12.3 Å². The first-order chi connectivity index (χ1) is 9.68. The Bertz CT molecular complexity index is 537. The predicted molar refractivity (Wildman–Crippen MR) is 89.0 cm³/mol. The number of benzene rings is 1. The van der Waals surface area contributed by atoms with Gasteiger partial charge in [-0.25, -0.2) is 0 Å². The Morgan fingerprint density at radius 1 is 1.24 bits per heavy atom. The highest BCUT2D eigenvalue weighted by molar-refractivity contribution is 6.56. The number of nitrogens with two attached hydrogens (primary N) is 2. The van der Waals surface area contributed by atoms with Gasteiger partial charge in [-0.15, -0.1) is 0 Å². The number of hydrogen-bond acceptors (Lipinski definition) is 4. The molecule has 1 aromatic rings. The molecular formula is C15H22BClN2O2. The minimum Gasteiger partial charge on any atom is -0.400 e. The quantitative estimate of drug-likeness (QED) is 0.665. The maximum Gasteiger partial charge on any atom is 0.491 e. The van der Waals surface area contributed by atoms with Gasteiger partial charge in [0.25, 0.3) is 0 Å². The lowest BCUT2D eigenvalue weighted by atomic mass is 9.77. The third-order valence-electron chi connectivity index (χ3n) is 4.21. The summed E-state index contributed by atoms with van der Waals surface area (Å²) in [5.74, 6) is 0. The van der Waals surface area contributed by atoms with E-state index < -0.39 is 18.3 Å². The van der Waals surface area contributed by atoms with Crippen LogP contribution in [0.1, 0.15) is 33.3 Å². The molecular weight excluding hydrogens is 286 g/mol. The molecule has 1 aliphatic rings. The van der Waals surface area contributed by atoms with Gasteiger partial charge in [-0.2, -0.15) is 0 Å². The summed E-state index contributed by atoms with van der Waals surface area (Å²) in [7, 11) is -0.490. The van der Waals surface area contributed by atoms with Gasteiger partial charge < -0.3 is 20.8 Å². The second kappa shape index (κ2) is 5.65. The van der Waals surface area contributed by atoms with Crippen molar-refractivity contribution in [2.24, 2.45) is 5.73 Å². The molecule has 0 atom stereocenters. The largest absolute Gasteiger partial charge is 0.491 e. The van der Waals surface area contributed by atoms with Gasteiger partial charge in [-0.1, -0.05) is 23.7 Å². The Hall–Kier alpha value is -1.01. The van der Waals surface area contributed by atoms with Gasteiger partial charge in [0.05, 0.1) is 11.2 Å². The van der Waals surface area contributed by atoms with Crippen molar-refractivity contribution in [3.63, 3.8) is 0 Å². The Kier molecular flexibility index (Phi) is 4.40. The predicted octanol–water partition coefficient (Wildman–Crippen LogP) is 2.90. The van der Waals surface area contributed by atoms with Gasteiger partial charge in [-0.3, -0.25) is 0 Å². The normalized spacial score (nSPS) is 20.9. The number of nitrogen functional groups attached to an aromatic ring is 1. The van der Waals surface area contributed by atoms with E-state index in [0.29, 0.717) is 17.3 Å². The third kappa shape index (κ3) is 3.11. The number of halogens is 1. The molecule has 0 radical (unpaired) electrons. The molecule has 1 aliphatic heterocycles. The van der Waals surface area contributed by atoms with Gasteiger partial charge in [0.2, 0.25) is 0 Å². The van der Waals surface area contributed by atoms with E-state index in [1.165, 1.54) is 0 Å². The summed E-state index contributed by atoms with van der Waals surface area (Å²) >= 11 is 6.20. The summed E-state index contributed by atoms with van der Waals surface area (Å²) < 4.78 is 12.0. The van der Waals surface area contributed by atoms with E-state index in [2.05, 4.69) is 0 Å². The van der Waals surface area contributed by atoms with Crippen LogP contribution < -0.4 is 11.5 Å². The van der Waals surface area contributed by atoms with Crippen LogP contribution in [-0.2, 0) is 9.31 Å². The first-order valence-corrected chi connectivity index (χ1v) is 7.36.